The standard InChI is InChI=1S/C8H7ClFN3O/c9-8-12-3-5-6(14-2-1-10)4-11-7(5)13-8/h3-4H,1-2H2,(H,11,12,13). The summed E-state index contributed by atoms with van der Waals surface area (Å²) in [6.07, 6.45) is 3.14. The van der Waals surface area contributed by atoms with Gasteiger partial charge >= 0.3 is 0 Å². The fraction of sp³-hybridized carbons (Fsp3) is 0.250. The first-order chi connectivity index (χ1) is 6.81. The molecule has 2 rings (SSSR count). The van der Waals surface area contributed by atoms with E-state index >= 15 is 0 Å². The van der Waals surface area contributed by atoms with E-state index in [1.54, 1.807) is 6.20 Å². The summed E-state index contributed by atoms with van der Waals surface area (Å²) in [7, 11) is 0. The monoisotopic (exact) mass is 215 g/mol. The predicted molar refractivity (Wildman–Crippen MR) is 50.4 cm³/mol. The van der Waals surface area contributed by atoms with Crippen LogP contribution in [0.2, 0.25) is 5.28 Å². The molecule has 0 aliphatic heterocycles. The van der Waals surface area contributed by atoms with Crippen LogP contribution in [0.5, 0.6) is 5.75 Å². The van der Waals surface area contributed by atoms with Crippen molar-refractivity contribution in [1.82, 2.24) is 15.0 Å². The third-order valence-electron chi connectivity index (χ3n) is 1.70. The number of hydrogen-bond donors (Lipinski definition) is 1. The number of nitrogens with zero attached hydrogens (tertiary/aromatic N) is 2. The fourth-order valence-corrected chi connectivity index (χ4v) is 1.26. The summed E-state index contributed by atoms with van der Waals surface area (Å²) in [5, 5.41) is 0.860. The first kappa shape index (κ1) is 9.21. The number of ether oxygens (including phenoxy) is 1. The van der Waals surface area contributed by atoms with Crippen molar-refractivity contribution in [1.29, 1.82) is 0 Å². The van der Waals surface area contributed by atoms with Gasteiger partial charge in [0, 0.05) is 12.4 Å². The van der Waals surface area contributed by atoms with Gasteiger partial charge in [-0.2, -0.15) is 4.98 Å². The molecule has 0 bridgehead atoms. The number of H-pyrrole nitrogens is 1. The maximum atomic E-state index is 11.9. The second kappa shape index (κ2) is 3.79. The summed E-state index contributed by atoms with van der Waals surface area (Å²) in [6.45, 7) is -0.503. The van der Waals surface area contributed by atoms with Gasteiger partial charge in [-0.05, 0) is 11.6 Å². The molecule has 2 aromatic rings. The molecule has 6 heteroatoms. The van der Waals surface area contributed by atoms with Crippen molar-refractivity contribution in [3.8, 4) is 5.75 Å². The molecule has 0 amide bonds. The highest BCUT2D eigenvalue weighted by Crippen LogP contribution is 2.23. The van der Waals surface area contributed by atoms with Gasteiger partial charge in [0.05, 0.1) is 5.39 Å². The van der Waals surface area contributed by atoms with Crippen LogP contribution in [-0.4, -0.2) is 28.2 Å². The van der Waals surface area contributed by atoms with Crippen LogP contribution in [0.15, 0.2) is 12.4 Å². The van der Waals surface area contributed by atoms with Gasteiger partial charge in [0.2, 0.25) is 5.28 Å². The van der Waals surface area contributed by atoms with Gasteiger partial charge in [0.1, 0.15) is 24.7 Å². The molecule has 0 saturated heterocycles. The largest absolute Gasteiger partial charge is 0.489 e. The minimum absolute atomic E-state index is 0.0234. The van der Waals surface area contributed by atoms with E-state index in [1.165, 1.54) is 6.20 Å². The topological polar surface area (TPSA) is 50.8 Å². The lowest BCUT2D eigenvalue weighted by Gasteiger charge is -1.99. The second-order valence-corrected chi connectivity index (χ2v) is 2.93. The van der Waals surface area contributed by atoms with Crippen LogP contribution in [0.4, 0.5) is 4.39 Å². The molecule has 0 aromatic carbocycles. The van der Waals surface area contributed by atoms with E-state index in [0.29, 0.717) is 16.8 Å². The molecule has 4 nitrogen and oxygen atoms in total. The molecule has 0 spiro atoms. The van der Waals surface area contributed by atoms with E-state index in [4.69, 9.17) is 16.3 Å². The number of halogens is 2. The van der Waals surface area contributed by atoms with Crippen LogP contribution in [0.25, 0.3) is 11.0 Å². The summed E-state index contributed by atoms with van der Waals surface area (Å²) in [5.74, 6) is 0.536. The number of rotatable bonds is 3. The van der Waals surface area contributed by atoms with E-state index < -0.39 is 6.67 Å². The molecule has 2 heterocycles. The van der Waals surface area contributed by atoms with Crippen molar-refractivity contribution in [2.45, 2.75) is 0 Å². The Morgan fingerprint density at radius 2 is 2.43 bits per heavy atom. The lowest BCUT2D eigenvalue weighted by Crippen LogP contribution is -1.97. The van der Waals surface area contributed by atoms with Crippen molar-refractivity contribution < 1.29 is 9.13 Å². The van der Waals surface area contributed by atoms with Crippen LogP contribution in [0, 0.1) is 0 Å². The summed E-state index contributed by atoms with van der Waals surface area (Å²) in [4.78, 5) is 10.6. The minimum Gasteiger partial charge on any atom is -0.489 e. The summed E-state index contributed by atoms with van der Waals surface area (Å²) in [5.41, 5.74) is 0.582. The first-order valence-corrected chi connectivity index (χ1v) is 4.37. The van der Waals surface area contributed by atoms with Gasteiger partial charge in [-0.1, -0.05) is 0 Å². The maximum Gasteiger partial charge on any atom is 0.224 e. The van der Waals surface area contributed by atoms with Gasteiger partial charge in [-0.25, -0.2) is 9.37 Å². The highest BCUT2D eigenvalue weighted by molar-refractivity contribution is 6.28. The maximum absolute atomic E-state index is 11.9. The predicted octanol–water partition coefficient (Wildman–Crippen LogP) is 1.96. The number of nitrogens with one attached hydrogen (secondary N) is 1. The molecule has 0 aliphatic rings. The Kier molecular flexibility index (Phi) is 2.49. The van der Waals surface area contributed by atoms with Crippen LogP contribution < -0.4 is 4.74 Å². The average Bonchev–Trinajstić information content (AvgIpc) is 2.57. The number of aromatic amines is 1. The molecule has 0 radical (unpaired) electrons. The molecule has 74 valence electrons. The molecule has 2 aromatic heterocycles. The van der Waals surface area contributed by atoms with Crippen molar-refractivity contribution in [3.05, 3.63) is 17.7 Å². The van der Waals surface area contributed by atoms with Crippen molar-refractivity contribution in [3.63, 3.8) is 0 Å². The van der Waals surface area contributed by atoms with Crippen LogP contribution in [0.1, 0.15) is 0 Å². The lowest BCUT2D eigenvalue weighted by atomic mass is 10.4. The first-order valence-electron chi connectivity index (χ1n) is 3.99. The SMILES string of the molecule is FCCOc1c[nH]c2nc(Cl)ncc12. The molecule has 0 unspecified atom stereocenters. The Balaban J connectivity index is 2.37. The van der Waals surface area contributed by atoms with Crippen LogP contribution in [-0.2, 0) is 0 Å². The fourth-order valence-electron chi connectivity index (χ4n) is 1.13. The second-order valence-electron chi connectivity index (χ2n) is 2.59. The average molecular weight is 216 g/mol. The number of alkyl halides is 1. The zero-order valence-electron chi connectivity index (χ0n) is 7.13. The van der Waals surface area contributed by atoms with Crippen LogP contribution >= 0.6 is 11.6 Å². The molecule has 0 fully saturated rings. The smallest absolute Gasteiger partial charge is 0.224 e. The number of hydrogen-bond acceptors (Lipinski definition) is 3. The molecule has 0 atom stereocenters. The third kappa shape index (κ3) is 1.63. The number of fused-ring (bicyclic) bond motifs is 1. The Morgan fingerprint density at radius 3 is 3.21 bits per heavy atom. The molecule has 0 saturated carbocycles. The summed E-state index contributed by atoms with van der Waals surface area (Å²) < 4.78 is 17.0. The normalized spacial score (nSPS) is 10.7. The van der Waals surface area contributed by atoms with E-state index in [9.17, 15) is 4.39 Å². The van der Waals surface area contributed by atoms with Gasteiger partial charge < -0.3 is 9.72 Å². The quantitative estimate of drug-likeness (QED) is 0.797. The Bertz CT molecular complexity index is 445. The Hall–Kier alpha value is -1.36. The van der Waals surface area contributed by atoms with Gasteiger partial charge in [0.15, 0.2) is 0 Å². The van der Waals surface area contributed by atoms with E-state index in [2.05, 4.69) is 15.0 Å². The van der Waals surface area contributed by atoms with E-state index in [1.807, 2.05) is 0 Å². The Labute approximate surface area is 84.1 Å². The van der Waals surface area contributed by atoms with Gasteiger partial charge in [-0.15, -0.1) is 0 Å². The molecular formula is C8H7ClFN3O. The van der Waals surface area contributed by atoms with Gasteiger partial charge in [0.25, 0.3) is 0 Å². The zero-order chi connectivity index (χ0) is 9.97. The molecular weight excluding hydrogens is 209 g/mol. The Morgan fingerprint density at radius 1 is 1.57 bits per heavy atom. The third-order valence-corrected chi connectivity index (χ3v) is 1.88. The van der Waals surface area contributed by atoms with E-state index in [-0.39, 0.29) is 11.9 Å². The van der Waals surface area contributed by atoms with Crippen molar-refractivity contribution in [2.24, 2.45) is 0 Å². The molecule has 1 N–H and O–H groups in total. The van der Waals surface area contributed by atoms with Crippen LogP contribution in [0.3, 0.4) is 0 Å². The zero-order valence-corrected chi connectivity index (χ0v) is 7.88. The van der Waals surface area contributed by atoms with Crippen molar-refractivity contribution >= 4 is 22.6 Å². The van der Waals surface area contributed by atoms with E-state index in [0.717, 1.165) is 0 Å². The molecule has 0 aliphatic carbocycles. The van der Waals surface area contributed by atoms with Crippen molar-refractivity contribution in [2.75, 3.05) is 13.3 Å². The highest BCUT2D eigenvalue weighted by Gasteiger charge is 2.06. The lowest BCUT2D eigenvalue weighted by molar-refractivity contribution is 0.276. The van der Waals surface area contributed by atoms with Gasteiger partial charge in [-0.3, -0.25) is 0 Å². The number of aromatic nitrogens is 3. The molecule has 14 heavy (non-hydrogen) atoms. The summed E-state index contributed by atoms with van der Waals surface area (Å²) in [6, 6.07) is 0. The summed E-state index contributed by atoms with van der Waals surface area (Å²) >= 11 is 5.59. The minimum atomic E-state index is -0.527. The highest BCUT2D eigenvalue weighted by atomic mass is 35.5.